The molecule has 112 valence electrons. The maximum Gasteiger partial charge on any atom is 0.416 e. The van der Waals surface area contributed by atoms with Crippen LogP contribution in [-0.4, -0.2) is 39.7 Å². The molecule has 1 saturated heterocycles. The van der Waals surface area contributed by atoms with E-state index in [4.69, 9.17) is 0 Å². The molecule has 0 saturated carbocycles. The second-order valence-electron chi connectivity index (χ2n) is 5.22. The van der Waals surface area contributed by atoms with E-state index in [2.05, 4.69) is 0 Å². The lowest BCUT2D eigenvalue weighted by Crippen LogP contribution is -2.53. The van der Waals surface area contributed by atoms with Crippen molar-refractivity contribution < 1.29 is 23.1 Å². The van der Waals surface area contributed by atoms with Crippen molar-refractivity contribution in [3.8, 4) is 0 Å². The van der Waals surface area contributed by atoms with Crippen molar-refractivity contribution in [1.82, 2.24) is 9.47 Å². The molecular weight excluding hydrogens is 285 g/mol. The summed E-state index contributed by atoms with van der Waals surface area (Å²) in [6.07, 6.45) is -4.92. The Morgan fingerprint density at radius 1 is 1.29 bits per heavy atom. The van der Waals surface area contributed by atoms with Crippen LogP contribution in [-0.2, 0) is 13.2 Å². The average Bonchev–Trinajstić information content (AvgIpc) is 2.70. The van der Waals surface area contributed by atoms with E-state index in [0.717, 1.165) is 12.1 Å². The van der Waals surface area contributed by atoms with Crippen LogP contribution in [0.2, 0.25) is 0 Å². The van der Waals surface area contributed by atoms with Crippen LogP contribution in [0, 0.1) is 0 Å². The fourth-order valence-electron chi connectivity index (χ4n) is 2.51. The van der Waals surface area contributed by atoms with Crippen LogP contribution in [0.1, 0.15) is 16.1 Å². The molecule has 21 heavy (non-hydrogen) atoms. The number of halogens is 3. The van der Waals surface area contributed by atoms with Gasteiger partial charge in [0.25, 0.3) is 5.91 Å². The van der Waals surface area contributed by atoms with Gasteiger partial charge in [0.1, 0.15) is 5.69 Å². The summed E-state index contributed by atoms with van der Waals surface area (Å²) in [5.41, 5.74) is 0.141. The molecule has 1 fully saturated rings. The third kappa shape index (κ3) is 2.27. The number of aliphatic hydroxyl groups excluding tert-OH is 1. The molecule has 3 rings (SSSR count). The van der Waals surface area contributed by atoms with Crippen LogP contribution in [0.25, 0.3) is 10.9 Å². The second-order valence-corrected chi connectivity index (χ2v) is 5.22. The Balaban J connectivity index is 2.01. The third-order valence-electron chi connectivity index (χ3n) is 3.74. The van der Waals surface area contributed by atoms with Gasteiger partial charge in [-0.25, -0.2) is 0 Å². The van der Waals surface area contributed by atoms with Crippen molar-refractivity contribution in [1.29, 1.82) is 0 Å². The average molecular weight is 298 g/mol. The summed E-state index contributed by atoms with van der Waals surface area (Å²) in [4.78, 5) is 13.7. The van der Waals surface area contributed by atoms with Crippen molar-refractivity contribution in [3.63, 3.8) is 0 Å². The molecule has 0 radical (unpaired) electrons. The first kappa shape index (κ1) is 13.9. The van der Waals surface area contributed by atoms with Crippen molar-refractivity contribution >= 4 is 16.8 Å². The highest BCUT2D eigenvalue weighted by molar-refractivity contribution is 5.99. The van der Waals surface area contributed by atoms with E-state index in [9.17, 15) is 23.1 Å². The Morgan fingerprint density at radius 3 is 2.52 bits per heavy atom. The number of likely N-dealkylation sites (tertiary alicyclic amines) is 1. The van der Waals surface area contributed by atoms with Gasteiger partial charge in [0.15, 0.2) is 0 Å². The standard InChI is InChI=1S/C14H13F3N2O2/c1-18-11-3-2-9(14(15,16)17)4-8(11)5-12(18)13(21)19-6-10(20)7-19/h2-5,10,20H,6-7H2,1H3. The molecule has 1 amide bonds. The zero-order valence-electron chi connectivity index (χ0n) is 11.2. The van der Waals surface area contributed by atoms with E-state index in [1.165, 1.54) is 17.0 Å². The molecule has 1 aliphatic rings. The predicted molar refractivity (Wildman–Crippen MR) is 69.8 cm³/mol. The van der Waals surface area contributed by atoms with Crippen molar-refractivity contribution in [2.75, 3.05) is 13.1 Å². The minimum Gasteiger partial charge on any atom is -0.389 e. The Morgan fingerprint density at radius 2 is 1.95 bits per heavy atom. The number of nitrogens with zero attached hydrogens (tertiary/aromatic N) is 2. The van der Waals surface area contributed by atoms with E-state index in [0.29, 0.717) is 16.6 Å². The van der Waals surface area contributed by atoms with Gasteiger partial charge >= 0.3 is 6.18 Å². The number of alkyl halides is 3. The number of hydrogen-bond acceptors (Lipinski definition) is 2. The largest absolute Gasteiger partial charge is 0.416 e. The van der Waals surface area contributed by atoms with Gasteiger partial charge in [-0.2, -0.15) is 13.2 Å². The first-order chi connectivity index (χ1) is 9.77. The zero-order valence-corrected chi connectivity index (χ0v) is 11.2. The molecule has 1 aromatic heterocycles. The summed E-state index contributed by atoms with van der Waals surface area (Å²) in [7, 11) is 1.64. The lowest BCUT2D eigenvalue weighted by molar-refractivity contribution is -0.137. The van der Waals surface area contributed by atoms with E-state index < -0.39 is 17.8 Å². The SMILES string of the molecule is Cn1c(C(=O)N2CC(O)C2)cc2cc(C(F)(F)F)ccc21. The number of aliphatic hydroxyl groups is 1. The van der Waals surface area contributed by atoms with Gasteiger partial charge in [-0.05, 0) is 24.3 Å². The van der Waals surface area contributed by atoms with Crippen LogP contribution >= 0.6 is 0 Å². The third-order valence-corrected chi connectivity index (χ3v) is 3.74. The number of carbonyl (C=O) groups is 1. The molecule has 0 aliphatic carbocycles. The van der Waals surface area contributed by atoms with Crippen molar-refractivity contribution in [2.45, 2.75) is 12.3 Å². The van der Waals surface area contributed by atoms with E-state index in [1.54, 1.807) is 11.6 Å². The molecule has 1 aliphatic heterocycles. The minimum atomic E-state index is -4.41. The topological polar surface area (TPSA) is 45.5 Å². The highest BCUT2D eigenvalue weighted by Gasteiger charge is 2.33. The number of fused-ring (bicyclic) bond motifs is 1. The molecule has 0 unspecified atom stereocenters. The second kappa shape index (κ2) is 4.49. The van der Waals surface area contributed by atoms with Crippen LogP contribution in [0.15, 0.2) is 24.3 Å². The van der Waals surface area contributed by atoms with E-state index in [1.807, 2.05) is 0 Å². The fraction of sp³-hybridized carbons (Fsp3) is 0.357. The molecular formula is C14H13F3N2O2. The number of carbonyl (C=O) groups excluding carboxylic acids is 1. The van der Waals surface area contributed by atoms with Crippen LogP contribution in [0.5, 0.6) is 0 Å². The normalized spacial score (nSPS) is 16.3. The molecule has 2 heterocycles. The number of aryl methyl sites for hydroxylation is 1. The zero-order chi connectivity index (χ0) is 15.4. The Bertz CT molecular complexity index is 715. The molecule has 4 nitrogen and oxygen atoms in total. The molecule has 2 aromatic rings. The first-order valence-corrected chi connectivity index (χ1v) is 6.41. The molecule has 0 spiro atoms. The smallest absolute Gasteiger partial charge is 0.389 e. The molecule has 0 atom stereocenters. The summed E-state index contributed by atoms with van der Waals surface area (Å²) in [6.45, 7) is 0.516. The number of rotatable bonds is 1. The van der Waals surface area contributed by atoms with Gasteiger partial charge in [-0.1, -0.05) is 0 Å². The highest BCUT2D eigenvalue weighted by atomic mass is 19.4. The maximum atomic E-state index is 12.7. The van der Waals surface area contributed by atoms with Gasteiger partial charge in [-0.15, -0.1) is 0 Å². The van der Waals surface area contributed by atoms with Crippen LogP contribution in [0.3, 0.4) is 0 Å². The fourth-order valence-corrected chi connectivity index (χ4v) is 2.51. The molecule has 1 aromatic carbocycles. The van der Waals surface area contributed by atoms with E-state index in [-0.39, 0.29) is 19.0 Å². The summed E-state index contributed by atoms with van der Waals surface area (Å²) in [6, 6.07) is 4.86. The number of amides is 1. The molecule has 7 heteroatoms. The predicted octanol–water partition coefficient (Wildman–Crippen LogP) is 2.01. The maximum absolute atomic E-state index is 12.7. The number of aromatic nitrogens is 1. The highest BCUT2D eigenvalue weighted by Crippen LogP contribution is 2.32. The number of benzene rings is 1. The first-order valence-electron chi connectivity index (χ1n) is 6.41. The summed E-state index contributed by atoms with van der Waals surface area (Å²) in [5.74, 6) is -0.285. The number of hydrogen-bond donors (Lipinski definition) is 1. The van der Waals surface area contributed by atoms with Crippen molar-refractivity contribution in [2.24, 2.45) is 7.05 Å². The molecule has 1 N–H and O–H groups in total. The summed E-state index contributed by atoms with van der Waals surface area (Å²) in [5, 5.41) is 9.60. The molecule has 0 bridgehead atoms. The Kier molecular flexibility index (Phi) is 2.98. The Labute approximate surface area is 118 Å². The van der Waals surface area contributed by atoms with Crippen molar-refractivity contribution in [3.05, 3.63) is 35.5 Å². The Hall–Kier alpha value is -2.02. The van der Waals surface area contributed by atoms with Crippen LogP contribution < -0.4 is 0 Å². The number of β-amino-alcohol motifs (C(OH)–C–C–N with tert-alkyl or cyclic N) is 1. The quantitative estimate of drug-likeness (QED) is 0.875. The lowest BCUT2D eigenvalue weighted by Gasteiger charge is -2.35. The van der Waals surface area contributed by atoms with Gasteiger partial charge in [0.2, 0.25) is 0 Å². The lowest BCUT2D eigenvalue weighted by atomic mass is 10.1. The van der Waals surface area contributed by atoms with Gasteiger partial charge in [0.05, 0.1) is 11.7 Å². The van der Waals surface area contributed by atoms with Gasteiger partial charge < -0.3 is 14.6 Å². The monoisotopic (exact) mass is 298 g/mol. The summed E-state index contributed by atoms with van der Waals surface area (Å²) < 4.78 is 39.7. The summed E-state index contributed by atoms with van der Waals surface area (Å²) >= 11 is 0. The minimum absolute atomic E-state index is 0.258. The van der Waals surface area contributed by atoms with E-state index >= 15 is 0 Å². The van der Waals surface area contributed by atoms with Gasteiger partial charge in [0, 0.05) is 31.0 Å². The van der Waals surface area contributed by atoms with Gasteiger partial charge in [-0.3, -0.25) is 4.79 Å². The van der Waals surface area contributed by atoms with Crippen LogP contribution in [0.4, 0.5) is 13.2 Å².